The Morgan fingerprint density at radius 1 is 0.643 bits per heavy atom. The Bertz CT molecular complexity index is 1290. The van der Waals surface area contributed by atoms with Crippen LogP contribution in [0.1, 0.15) is 26.3 Å². The highest BCUT2D eigenvalue weighted by atomic mass is 16.5. The second-order valence-electron chi connectivity index (χ2n) is 8.67. The molecule has 0 radical (unpaired) electrons. The minimum absolute atomic E-state index is 0.138. The number of hydrogen-bond acceptors (Lipinski definition) is 1. The van der Waals surface area contributed by atoms with Gasteiger partial charge < -0.3 is 4.74 Å². The van der Waals surface area contributed by atoms with E-state index in [2.05, 4.69) is 81.4 Å². The predicted molar refractivity (Wildman–Crippen MR) is 121 cm³/mol. The van der Waals surface area contributed by atoms with E-state index in [0.717, 1.165) is 5.75 Å². The second-order valence-corrected chi connectivity index (χ2v) is 8.67. The SMILES string of the molecule is COc1ccc(-c2ccc3ccc4cc(C(C)(C)C)cc5ccc2c3c45)cc1. The summed E-state index contributed by atoms with van der Waals surface area (Å²) in [6, 6.07) is 26.7. The predicted octanol–water partition coefficient (Wildman–Crippen LogP) is 7.56. The molecule has 1 heteroatoms. The summed E-state index contributed by atoms with van der Waals surface area (Å²) in [5.41, 5.74) is 4.01. The topological polar surface area (TPSA) is 9.23 Å². The van der Waals surface area contributed by atoms with Crippen LogP contribution in [0, 0.1) is 0 Å². The van der Waals surface area contributed by atoms with Crippen molar-refractivity contribution >= 4 is 32.3 Å². The van der Waals surface area contributed by atoms with Crippen LogP contribution in [0.3, 0.4) is 0 Å². The quantitative estimate of drug-likeness (QED) is 0.294. The van der Waals surface area contributed by atoms with E-state index < -0.39 is 0 Å². The van der Waals surface area contributed by atoms with E-state index in [0.29, 0.717) is 0 Å². The molecule has 138 valence electrons. The highest BCUT2D eigenvalue weighted by Gasteiger charge is 2.17. The van der Waals surface area contributed by atoms with E-state index in [1.54, 1.807) is 7.11 Å². The maximum Gasteiger partial charge on any atom is 0.118 e. The maximum atomic E-state index is 5.32. The van der Waals surface area contributed by atoms with Gasteiger partial charge in [-0.15, -0.1) is 0 Å². The first-order valence-electron chi connectivity index (χ1n) is 9.82. The maximum absolute atomic E-state index is 5.32. The van der Waals surface area contributed by atoms with Crippen molar-refractivity contribution in [3.63, 3.8) is 0 Å². The molecule has 0 heterocycles. The van der Waals surface area contributed by atoms with Crippen LogP contribution in [-0.4, -0.2) is 7.11 Å². The molecule has 0 aliphatic heterocycles. The van der Waals surface area contributed by atoms with Gasteiger partial charge in [-0.1, -0.05) is 81.4 Å². The van der Waals surface area contributed by atoms with Crippen molar-refractivity contribution in [1.29, 1.82) is 0 Å². The summed E-state index contributed by atoms with van der Waals surface area (Å²) in [4.78, 5) is 0. The van der Waals surface area contributed by atoms with Gasteiger partial charge in [0.1, 0.15) is 5.75 Å². The molecule has 0 saturated heterocycles. The van der Waals surface area contributed by atoms with Crippen molar-refractivity contribution in [3.8, 4) is 16.9 Å². The van der Waals surface area contributed by atoms with Gasteiger partial charge in [0, 0.05) is 0 Å². The number of ether oxygens (including phenoxy) is 1. The third-order valence-electron chi connectivity index (χ3n) is 5.87. The Balaban J connectivity index is 1.84. The zero-order valence-corrected chi connectivity index (χ0v) is 16.8. The highest BCUT2D eigenvalue weighted by molar-refractivity contribution is 6.25. The summed E-state index contributed by atoms with van der Waals surface area (Å²) in [6.45, 7) is 6.84. The Kier molecular flexibility index (Phi) is 3.64. The first-order chi connectivity index (χ1) is 13.5. The molecule has 0 amide bonds. The van der Waals surface area contributed by atoms with Gasteiger partial charge >= 0.3 is 0 Å². The van der Waals surface area contributed by atoms with E-state index in [4.69, 9.17) is 4.74 Å². The number of methoxy groups -OCH3 is 1. The summed E-state index contributed by atoms with van der Waals surface area (Å²) < 4.78 is 5.32. The molecular formula is C27H24O. The van der Waals surface area contributed by atoms with Gasteiger partial charge in [-0.05, 0) is 66.6 Å². The lowest BCUT2D eigenvalue weighted by molar-refractivity contribution is 0.415. The fourth-order valence-corrected chi connectivity index (χ4v) is 4.27. The Hall–Kier alpha value is -3.06. The Morgan fingerprint density at radius 3 is 1.89 bits per heavy atom. The zero-order valence-electron chi connectivity index (χ0n) is 16.8. The van der Waals surface area contributed by atoms with Crippen molar-refractivity contribution in [2.45, 2.75) is 26.2 Å². The lowest BCUT2D eigenvalue weighted by atomic mass is 9.83. The molecular weight excluding hydrogens is 340 g/mol. The van der Waals surface area contributed by atoms with Crippen molar-refractivity contribution in [3.05, 3.63) is 78.4 Å². The van der Waals surface area contributed by atoms with E-state index in [1.807, 2.05) is 12.1 Å². The molecule has 0 fully saturated rings. The van der Waals surface area contributed by atoms with E-state index in [9.17, 15) is 0 Å². The molecule has 0 N–H and O–H groups in total. The third-order valence-corrected chi connectivity index (χ3v) is 5.87. The van der Waals surface area contributed by atoms with Gasteiger partial charge in [-0.3, -0.25) is 0 Å². The molecule has 0 bridgehead atoms. The average Bonchev–Trinajstić information content (AvgIpc) is 2.71. The van der Waals surface area contributed by atoms with Crippen LogP contribution in [0.4, 0.5) is 0 Å². The van der Waals surface area contributed by atoms with Crippen LogP contribution in [0.5, 0.6) is 5.75 Å². The largest absolute Gasteiger partial charge is 0.497 e. The fraction of sp³-hybridized carbons (Fsp3) is 0.185. The lowest BCUT2D eigenvalue weighted by Gasteiger charge is -2.22. The first kappa shape index (κ1) is 17.1. The smallest absolute Gasteiger partial charge is 0.118 e. The van der Waals surface area contributed by atoms with E-state index in [1.165, 1.54) is 49.0 Å². The van der Waals surface area contributed by atoms with Crippen molar-refractivity contribution < 1.29 is 4.74 Å². The summed E-state index contributed by atoms with van der Waals surface area (Å²) in [5.74, 6) is 0.885. The second kappa shape index (κ2) is 5.97. The molecule has 5 aromatic carbocycles. The van der Waals surface area contributed by atoms with E-state index in [-0.39, 0.29) is 5.41 Å². The van der Waals surface area contributed by atoms with Gasteiger partial charge in [0.2, 0.25) is 0 Å². The normalized spacial score (nSPS) is 12.3. The van der Waals surface area contributed by atoms with Gasteiger partial charge in [0.05, 0.1) is 7.11 Å². The van der Waals surface area contributed by atoms with Gasteiger partial charge in [0.25, 0.3) is 0 Å². The molecule has 5 aromatic rings. The van der Waals surface area contributed by atoms with Crippen LogP contribution in [0.25, 0.3) is 43.4 Å². The minimum atomic E-state index is 0.138. The van der Waals surface area contributed by atoms with Crippen molar-refractivity contribution in [1.82, 2.24) is 0 Å². The van der Waals surface area contributed by atoms with E-state index >= 15 is 0 Å². The lowest BCUT2D eigenvalue weighted by Crippen LogP contribution is -2.10. The molecule has 28 heavy (non-hydrogen) atoms. The van der Waals surface area contributed by atoms with Crippen LogP contribution >= 0.6 is 0 Å². The van der Waals surface area contributed by atoms with Gasteiger partial charge in [-0.2, -0.15) is 0 Å². The summed E-state index contributed by atoms with van der Waals surface area (Å²) in [5, 5.41) is 8.00. The highest BCUT2D eigenvalue weighted by Crippen LogP contribution is 2.41. The van der Waals surface area contributed by atoms with Crippen LogP contribution < -0.4 is 4.74 Å². The molecule has 0 atom stereocenters. The molecule has 1 nitrogen and oxygen atoms in total. The first-order valence-corrected chi connectivity index (χ1v) is 9.82. The minimum Gasteiger partial charge on any atom is -0.497 e. The summed E-state index contributed by atoms with van der Waals surface area (Å²) in [6.07, 6.45) is 0. The fourth-order valence-electron chi connectivity index (χ4n) is 4.27. The zero-order chi connectivity index (χ0) is 19.5. The Labute approximate surface area is 165 Å². The third kappa shape index (κ3) is 2.54. The van der Waals surface area contributed by atoms with Crippen molar-refractivity contribution in [2.75, 3.05) is 7.11 Å². The number of hydrogen-bond donors (Lipinski definition) is 0. The monoisotopic (exact) mass is 364 g/mol. The van der Waals surface area contributed by atoms with Gasteiger partial charge in [-0.25, -0.2) is 0 Å². The molecule has 0 spiro atoms. The molecule has 5 rings (SSSR count). The number of benzene rings is 5. The van der Waals surface area contributed by atoms with Crippen molar-refractivity contribution in [2.24, 2.45) is 0 Å². The molecule has 0 unspecified atom stereocenters. The standard InChI is InChI=1S/C27H24O/c1-27(2,3)21-15-19-6-5-18-9-13-23(17-7-11-22(28-4)12-8-17)24-14-10-20(16-21)25(19)26(18)24/h5-16H,1-4H3. The van der Waals surface area contributed by atoms with Gasteiger partial charge in [0.15, 0.2) is 0 Å². The molecule has 0 saturated carbocycles. The number of rotatable bonds is 2. The van der Waals surface area contributed by atoms with Crippen LogP contribution in [0.15, 0.2) is 72.8 Å². The Morgan fingerprint density at radius 2 is 1.25 bits per heavy atom. The van der Waals surface area contributed by atoms with Crippen LogP contribution in [0.2, 0.25) is 0 Å². The van der Waals surface area contributed by atoms with Crippen LogP contribution in [-0.2, 0) is 5.41 Å². The average molecular weight is 364 g/mol. The molecule has 0 aliphatic rings. The molecule has 0 aliphatic carbocycles. The summed E-state index contributed by atoms with van der Waals surface area (Å²) in [7, 11) is 1.71. The summed E-state index contributed by atoms with van der Waals surface area (Å²) >= 11 is 0. The molecule has 0 aromatic heterocycles.